The Morgan fingerprint density at radius 2 is 1.63 bits per heavy atom. The number of fused-ring (bicyclic) bond motifs is 2. The number of nitrogens with one attached hydrogen (secondary N) is 1. The summed E-state index contributed by atoms with van der Waals surface area (Å²) < 4.78 is 33.2. The normalized spacial score (nSPS) is 14.6. The van der Waals surface area contributed by atoms with Crippen LogP contribution in [-0.2, 0) is 22.6 Å². The quantitative estimate of drug-likeness (QED) is 0.212. The van der Waals surface area contributed by atoms with E-state index in [9.17, 15) is 27.9 Å². The van der Waals surface area contributed by atoms with Crippen LogP contribution in [0, 0.1) is 12.8 Å². The number of halogens is 3. The number of carbonyl (C=O) groups is 2. The molecule has 0 aliphatic carbocycles. The van der Waals surface area contributed by atoms with E-state index in [4.69, 9.17) is 14.9 Å². The number of piperidine rings is 1. The van der Waals surface area contributed by atoms with Crippen molar-refractivity contribution in [2.75, 3.05) is 18.0 Å². The van der Waals surface area contributed by atoms with Crippen LogP contribution < -0.4 is 10.6 Å². The number of aryl methyl sites for hydroxylation is 1. The standard InChI is InChI=1S/C31H31N5O3.C2HF3O2/c1-20-18-36(19-25(30(37)38)17-21-10-11-22-6-2-3-7-24(22)16-21)31(39)34-29(20)35-14-12-23(13-15-35)28-32-26-8-4-5-9-27(26)33-28;3-2(4,5)1(6)7/h2-11,16,18,23,25H,12-15,17,19H2,1H3,(H,32,33)(H,37,38);(H,6,7). The number of carboxylic acids is 2. The molecule has 0 amide bonds. The third-order valence-electron chi connectivity index (χ3n) is 8.04. The predicted octanol–water partition coefficient (Wildman–Crippen LogP) is 5.54. The molecule has 1 aliphatic heterocycles. The summed E-state index contributed by atoms with van der Waals surface area (Å²) in [5.41, 5.74) is 3.42. The van der Waals surface area contributed by atoms with E-state index in [0.717, 1.165) is 64.7 Å². The topological polar surface area (TPSA) is 141 Å². The van der Waals surface area contributed by atoms with Crippen molar-refractivity contribution in [3.63, 3.8) is 0 Å². The molecular weight excluding hydrogens is 603 g/mol. The maximum Gasteiger partial charge on any atom is 0.490 e. The number of carboxylic acid groups (broad SMARTS) is 2. The molecule has 1 aliphatic rings. The Bertz CT molecular complexity index is 1900. The average Bonchev–Trinajstić information content (AvgIpc) is 3.47. The number of alkyl halides is 3. The SMILES string of the molecule is Cc1cn(CC(Cc2ccc3ccccc3c2)C(=O)O)c(=O)nc1N1CCC(c2nc3ccccc3[nH]2)CC1.O=C(O)C(F)(F)F. The van der Waals surface area contributed by atoms with Gasteiger partial charge in [0.2, 0.25) is 0 Å². The van der Waals surface area contributed by atoms with Crippen LogP contribution in [0.25, 0.3) is 21.8 Å². The highest BCUT2D eigenvalue weighted by atomic mass is 19.4. The molecule has 0 radical (unpaired) electrons. The van der Waals surface area contributed by atoms with Gasteiger partial charge in [-0.2, -0.15) is 18.2 Å². The summed E-state index contributed by atoms with van der Waals surface area (Å²) in [5, 5.41) is 19.3. The first-order chi connectivity index (χ1) is 21.9. The minimum atomic E-state index is -5.08. The van der Waals surface area contributed by atoms with Gasteiger partial charge in [0, 0.05) is 37.3 Å². The van der Waals surface area contributed by atoms with Crippen LogP contribution in [0.4, 0.5) is 19.0 Å². The van der Waals surface area contributed by atoms with Crippen LogP contribution in [-0.4, -0.2) is 60.9 Å². The number of hydrogen-bond acceptors (Lipinski definition) is 6. The molecule has 5 aromatic rings. The fraction of sp³-hybridized carbons (Fsp3) is 0.303. The van der Waals surface area contributed by atoms with Crippen molar-refractivity contribution in [3.8, 4) is 0 Å². The molecule has 3 N–H and O–H groups in total. The minimum Gasteiger partial charge on any atom is -0.481 e. The lowest BCUT2D eigenvalue weighted by Crippen LogP contribution is -2.37. The van der Waals surface area contributed by atoms with Gasteiger partial charge < -0.3 is 20.1 Å². The Morgan fingerprint density at radius 1 is 0.978 bits per heavy atom. The third kappa shape index (κ3) is 7.53. The van der Waals surface area contributed by atoms with Gasteiger partial charge in [0.05, 0.1) is 17.0 Å². The number of benzene rings is 3. The molecule has 46 heavy (non-hydrogen) atoms. The van der Waals surface area contributed by atoms with Gasteiger partial charge in [0.1, 0.15) is 11.6 Å². The highest BCUT2D eigenvalue weighted by Gasteiger charge is 2.38. The van der Waals surface area contributed by atoms with Crippen molar-refractivity contribution < 1.29 is 33.0 Å². The minimum absolute atomic E-state index is 0.0727. The molecule has 0 saturated carbocycles. The van der Waals surface area contributed by atoms with Crippen LogP contribution in [0.1, 0.15) is 35.7 Å². The number of nitrogens with zero attached hydrogens (tertiary/aromatic N) is 4. The zero-order valence-electron chi connectivity index (χ0n) is 24.9. The van der Waals surface area contributed by atoms with Gasteiger partial charge in [-0.15, -0.1) is 0 Å². The van der Waals surface area contributed by atoms with Crippen molar-refractivity contribution in [2.24, 2.45) is 5.92 Å². The molecule has 240 valence electrons. The van der Waals surface area contributed by atoms with E-state index in [1.807, 2.05) is 73.7 Å². The van der Waals surface area contributed by atoms with Crippen molar-refractivity contribution in [2.45, 2.75) is 44.8 Å². The molecule has 2 aromatic heterocycles. The number of para-hydroxylation sites is 2. The van der Waals surface area contributed by atoms with E-state index in [0.29, 0.717) is 18.2 Å². The first kappa shape index (κ1) is 32.2. The maximum absolute atomic E-state index is 13.0. The lowest BCUT2D eigenvalue weighted by atomic mass is 9.96. The van der Waals surface area contributed by atoms with Crippen LogP contribution in [0.5, 0.6) is 0 Å². The van der Waals surface area contributed by atoms with E-state index >= 15 is 0 Å². The summed E-state index contributed by atoms with van der Waals surface area (Å²) in [6, 6.07) is 22.1. The zero-order chi connectivity index (χ0) is 33.0. The van der Waals surface area contributed by atoms with Crippen molar-refractivity contribution >= 4 is 39.6 Å². The van der Waals surface area contributed by atoms with Gasteiger partial charge >= 0.3 is 23.8 Å². The highest BCUT2D eigenvalue weighted by Crippen LogP contribution is 2.30. The van der Waals surface area contributed by atoms with E-state index in [2.05, 4.69) is 14.9 Å². The molecule has 1 fully saturated rings. The van der Waals surface area contributed by atoms with E-state index in [1.54, 1.807) is 6.20 Å². The van der Waals surface area contributed by atoms with Crippen molar-refractivity contribution in [1.29, 1.82) is 0 Å². The number of aromatic amines is 1. The van der Waals surface area contributed by atoms with Gasteiger partial charge in [-0.25, -0.2) is 14.6 Å². The van der Waals surface area contributed by atoms with Gasteiger partial charge in [0.15, 0.2) is 0 Å². The molecule has 10 nitrogen and oxygen atoms in total. The van der Waals surface area contributed by atoms with Gasteiger partial charge in [-0.05, 0) is 54.7 Å². The molecular formula is C33H32F3N5O5. The molecule has 6 rings (SSSR count). The Balaban J connectivity index is 0.000000537. The second-order valence-corrected chi connectivity index (χ2v) is 11.3. The number of imidazole rings is 1. The lowest BCUT2D eigenvalue weighted by Gasteiger charge is -2.32. The first-order valence-corrected chi connectivity index (χ1v) is 14.7. The lowest BCUT2D eigenvalue weighted by molar-refractivity contribution is -0.192. The summed E-state index contributed by atoms with van der Waals surface area (Å²) in [6.07, 6.45) is -1.16. The summed E-state index contributed by atoms with van der Waals surface area (Å²) in [5.74, 6) is -2.39. The Labute approximate surface area is 261 Å². The summed E-state index contributed by atoms with van der Waals surface area (Å²) in [7, 11) is 0. The smallest absolute Gasteiger partial charge is 0.481 e. The van der Waals surface area contributed by atoms with E-state index in [1.165, 1.54) is 4.57 Å². The first-order valence-electron chi connectivity index (χ1n) is 14.7. The fourth-order valence-electron chi connectivity index (χ4n) is 5.69. The number of hydrogen-bond donors (Lipinski definition) is 3. The second kappa shape index (κ2) is 13.4. The van der Waals surface area contributed by atoms with Gasteiger partial charge in [-0.1, -0.05) is 54.6 Å². The molecule has 0 bridgehead atoms. The molecule has 13 heteroatoms. The Morgan fingerprint density at radius 3 is 2.28 bits per heavy atom. The van der Waals surface area contributed by atoms with Crippen LogP contribution in [0.15, 0.2) is 77.7 Å². The third-order valence-corrected chi connectivity index (χ3v) is 8.04. The highest BCUT2D eigenvalue weighted by molar-refractivity contribution is 5.83. The number of rotatable bonds is 7. The Hall–Kier alpha value is -5.20. The summed E-state index contributed by atoms with van der Waals surface area (Å²) in [6.45, 7) is 3.56. The molecule has 0 spiro atoms. The second-order valence-electron chi connectivity index (χ2n) is 11.3. The molecule has 1 saturated heterocycles. The van der Waals surface area contributed by atoms with Crippen LogP contribution in [0.3, 0.4) is 0 Å². The van der Waals surface area contributed by atoms with Crippen molar-refractivity contribution in [1.82, 2.24) is 19.5 Å². The average molecular weight is 636 g/mol. The molecule has 3 aromatic carbocycles. The van der Waals surface area contributed by atoms with E-state index < -0.39 is 29.7 Å². The number of aromatic nitrogens is 4. The number of H-pyrrole nitrogens is 1. The molecule has 3 heterocycles. The van der Waals surface area contributed by atoms with E-state index in [-0.39, 0.29) is 6.54 Å². The number of anilines is 1. The predicted molar refractivity (Wildman–Crippen MR) is 166 cm³/mol. The van der Waals surface area contributed by atoms with Crippen LogP contribution in [0.2, 0.25) is 0 Å². The van der Waals surface area contributed by atoms with Gasteiger partial charge in [0.25, 0.3) is 0 Å². The molecule has 1 unspecified atom stereocenters. The summed E-state index contributed by atoms with van der Waals surface area (Å²) in [4.78, 5) is 48.8. The van der Waals surface area contributed by atoms with Crippen LogP contribution >= 0.6 is 0 Å². The fourth-order valence-corrected chi connectivity index (χ4v) is 5.69. The Kier molecular flexibility index (Phi) is 9.40. The monoisotopic (exact) mass is 635 g/mol. The molecule has 1 atom stereocenters. The number of aliphatic carboxylic acids is 2. The largest absolute Gasteiger partial charge is 0.490 e. The maximum atomic E-state index is 13.0. The van der Waals surface area contributed by atoms with Crippen molar-refractivity contribution in [3.05, 3.63) is 100 Å². The van der Waals surface area contributed by atoms with Gasteiger partial charge in [-0.3, -0.25) is 9.36 Å². The zero-order valence-corrected chi connectivity index (χ0v) is 24.9. The summed E-state index contributed by atoms with van der Waals surface area (Å²) >= 11 is 0.